The number of nitrogens with one attached hydrogen (secondary N) is 3. The van der Waals surface area contributed by atoms with Crippen molar-refractivity contribution in [1.29, 1.82) is 0 Å². The van der Waals surface area contributed by atoms with Gasteiger partial charge in [0.1, 0.15) is 0 Å². The minimum absolute atomic E-state index is 0.213. The van der Waals surface area contributed by atoms with Gasteiger partial charge in [0, 0.05) is 12.1 Å². The zero-order valence-electron chi connectivity index (χ0n) is 12.9. The fraction of sp³-hybridized carbons (Fsp3) is 0.438. The Bertz CT molecular complexity index is 622. The van der Waals surface area contributed by atoms with Crippen LogP contribution in [0.15, 0.2) is 34.9 Å². The van der Waals surface area contributed by atoms with Crippen LogP contribution in [0.3, 0.4) is 0 Å². The fourth-order valence-electron chi connectivity index (χ4n) is 2.58. The topological polar surface area (TPSA) is 92.1 Å². The van der Waals surface area contributed by atoms with Gasteiger partial charge in [0.2, 0.25) is 11.7 Å². The van der Waals surface area contributed by atoms with Crippen LogP contribution in [0.25, 0.3) is 11.4 Å². The van der Waals surface area contributed by atoms with Gasteiger partial charge in [0.05, 0.1) is 6.54 Å². The number of carbonyl (C=O) groups is 1. The summed E-state index contributed by atoms with van der Waals surface area (Å²) in [5.74, 6) is 1.41. The molecule has 0 saturated carbocycles. The Labute approximate surface area is 134 Å². The summed E-state index contributed by atoms with van der Waals surface area (Å²) < 4.78 is 5.15. The van der Waals surface area contributed by atoms with Crippen LogP contribution in [-0.4, -0.2) is 35.8 Å². The monoisotopic (exact) mass is 315 g/mol. The average Bonchev–Trinajstić information content (AvgIpc) is 3.09. The van der Waals surface area contributed by atoms with E-state index >= 15 is 0 Å². The lowest BCUT2D eigenvalue weighted by atomic mass is 10.00. The first-order valence-corrected chi connectivity index (χ1v) is 7.91. The summed E-state index contributed by atoms with van der Waals surface area (Å²) in [7, 11) is 0. The number of urea groups is 1. The summed E-state index contributed by atoms with van der Waals surface area (Å²) in [5.41, 5.74) is 0.886. The molecule has 1 aliphatic rings. The van der Waals surface area contributed by atoms with Crippen molar-refractivity contribution in [1.82, 2.24) is 26.1 Å². The maximum Gasteiger partial charge on any atom is 0.315 e. The van der Waals surface area contributed by atoms with Crippen molar-refractivity contribution < 1.29 is 9.32 Å². The first kappa shape index (κ1) is 15.5. The van der Waals surface area contributed by atoms with Crippen LogP contribution in [0, 0.1) is 5.92 Å². The first-order chi connectivity index (χ1) is 11.3. The van der Waals surface area contributed by atoms with E-state index < -0.39 is 0 Å². The van der Waals surface area contributed by atoms with Gasteiger partial charge in [-0.1, -0.05) is 35.5 Å². The van der Waals surface area contributed by atoms with Crippen molar-refractivity contribution in [2.45, 2.75) is 19.4 Å². The molecule has 0 aliphatic carbocycles. The molecule has 0 spiro atoms. The third kappa shape index (κ3) is 4.53. The zero-order valence-corrected chi connectivity index (χ0v) is 12.9. The van der Waals surface area contributed by atoms with Gasteiger partial charge in [-0.3, -0.25) is 0 Å². The van der Waals surface area contributed by atoms with Crippen LogP contribution in [-0.2, 0) is 6.54 Å². The van der Waals surface area contributed by atoms with Gasteiger partial charge in [0.25, 0.3) is 0 Å². The lowest BCUT2D eigenvalue weighted by molar-refractivity contribution is 0.234. The van der Waals surface area contributed by atoms with Crippen molar-refractivity contribution in [2.24, 2.45) is 5.92 Å². The van der Waals surface area contributed by atoms with Gasteiger partial charge in [0.15, 0.2) is 0 Å². The minimum Gasteiger partial charge on any atom is -0.338 e. The number of nitrogens with zero attached hydrogens (tertiary/aromatic N) is 2. The summed E-state index contributed by atoms with van der Waals surface area (Å²) >= 11 is 0. The lowest BCUT2D eigenvalue weighted by Gasteiger charge is -2.22. The van der Waals surface area contributed by atoms with Crippen LogP contribution < -0.4 is 16.0 Å². The Kier molecular flexibility index (Phi) is 5.21. The molecular weight excluding hydrogens is 294 g/mol. The molecule has 1 aromatic heterocycles. The highest BCUT2D eigenvalue weighted by atomic mass is 16.5. The second-order valence-electron chi connectivity index (χ2n) is 5.65. The summed E-state index contributed by atoms with van der Waals surface area (Å²) in [6.45, 7) is 2.93. The quantitative estimate of drug-likeness (QED) is 0.778. The van der Waals surface area contributed by atoms with Crippen molar-refractivity contribution in [2.75, 3.05) is 19.6 Å². The molecule has 23 heavy (non-hydrogen) atoms. The summed E-state index contributed by atoms with van der Waals surface area (Å²) in [4.78, 5) is 16.1. The van der Waals surface area contributed by atoms with E-state index in [2.05, 4.69) is 26.1 Å². The number of benzene rings is 1. The van der Waals surface area contributed by atoms with Crippen LogP contribution in [0.4, 0.5) is 4.79 Å². The average molecular weight is 315 g/mol. The fourth-order valence-corrected chi connectivity index (χ4v) is 2.58. The molecule has 3 rings (SSSR count). The summed E-state index contributed by atoms with van der Waals surface area (Å²) in [6.07, 6.45) is 2.32. The molecule has 2 aromatic rings. The molecule has 1 atom stereocenters. The first-order valence-electron chi connectivity index (χ1n) is 7.91. The Morgan fingerprint density at radius 2 is 2.17 bits per heavy atom. The molecule has 0 bridgehead atoms. The predicted molar refractivity (Wildman–Crippen MR) is 85.6 cm³/mol. The molecule has 3 N–H and O–H groups in total. The number of aromatic nitrogens is 2. The molecule has 1 aliphatic heterocycles. The van der Waals surface area contributed by atoms with E-state index in [1.807, 2.05) is 30.3 Å². The normalized spacial score (nSPS) is 17.7. The van der Waals surface area contributed by atoms with Crippen molar-refractivity contribution >= 4 is 6.03 Å². The number of amides is 2. The van der Waals surface area contributed by atoms with E-state index in [0.29, 0.717) is 24.2 Å². The molecular formula is C16H21N5O2. The summed E-state index contributed by atoms with van der Waals surface area (Å²) in [5, 5.41) is 12.9. The SMILES string of the molecule is O=C(NCc1nc(-c2ccccc2)no1)NC[C@H]1CCCNC1. The van der Waals surface area contributed by atoms with E-state index in [1.165, 1.54) is 0 Å². The second-order valence-corrected chi connectivity index (χ2v) is 5.65. The van der Waals surface area contributed by atoms with E-state index in [0.717, 1.165) is 31.5 Å². The molecule has 7 heteroatoms. The minimum atomic E-state index is -0.213. The van der Waals surface area contributed by atoms with Crippen molar-refractivity contribution in [3.05, 3.63) is 36.2 Å². The molecule has 0 radical (unpaired) electrons. The molecule has 1 saturated heterocycles. The van der Waals surface area contributed by atoms with E-state index in [9.17, 15) is 4.79 Å². The molecule has 122 valence electrons. The van der Waals surface area contributed by atoms with Gasteiger partial charge < -0.3 is 20.5 Å². The standard InChI is InChI=1S/C16H21N5O2/c22-16(18-10-12-5-4-8-17-9-12)19-11-14-20-15(21-23-14)13-6-2-1-3-7-13/h1-3,6-7,12,17H,4-5,8-11H2,(H2,18,19,22)/t12-/m0/s1. The Morgan fingerprint density at radius 1 is 1.30 bits per heavy atom. The third-order valence-electron chi connectivity index (χ3n) is 3.85. The maximum absolute atomic E-state index is 11.8. The van der Waals surface area contributed by atoms with Crippen molar-refractivity contribution in [3.63, 3.8) is 0 Å². The number of piperidine rings is 1. The number of hydrogen-bond acceptors (Lipinski definition) is 5. The van der Waals surface area contributed by atoms with Gasteiger partial charge in [-0.25, -0.2) is 4.79 Å². The highest BCUT2D eigenvalue weighted by Gasteiger charge is 2.14. The van der Waals surface area contributed by atoms with Crippen molar-refractivity contribution in [3.8, 4) is 11.4 Å². The van der Waals surface area contributed by atoms with Crippen LogP contribution in [0.2, 0.25) is 0 Å². The Morgan fingerprint density at radius 3 is 2.96 bits per heavy atom. The molecule has 7 nitrogen and oxygen atoms in total. The van der Waals surface area contributed by atoms with Crippen LogP contribution >= 0.6 is 0 Å². The highest BCUT2D eigenvalue weighted by Crippen LogP contribution is 2.14. The van der Waals surface area contributed by atoms with Crippen LogP contribution in [0.1, 0.15) is 18.7 Å². The molecule has 2 heterocycles. The summed E-state index contributed by atoms with van der Waals surface area (Å²) in [6, 6.07) is 9.36. The van der Waals surface area contributed by atoms with Gasteiger partial charge in [-0.05, 0) is 31.8 Å². The van der Waals surface area contributed by atoms with E-state index in [-0.39, 0.29) is 12.6 Å². The predicted octanol–water partition coefficient (Wildman–Crippen LogP) is 1.54. The van der Waals surface area contributed by atoms with Gasteiger partial charge in [-0.2, -0.15) is 4.98 Å². The van der Waals surface area contributed by atoms with Crippen LogP contribution in [0.5, 0.6) is 0 Å². The molecule has 2 amide bonds. The van der Waals surface area contributed by atoms with Gasteiger partial charge in [-0.15, -0.1) is 0 Å². The van der Waals surface area contributed by atoms with E-state index in [4.69, 9.17) is 4.52 Å². The largest absolute Gasteiger partial charge is 0.338 e. The smallest absolute Gasteiger partial charge is 0.315 e. The number of rotatable bonds is 5. The highest BCUT2D eigenvalue weighted by molar-refractivity contribution is 5.73. The lowest BCUT2D eigenvalue weighted by Crippen LogP contribution is -2.42. The third-order valence-corrected chi connectivity index (χ3v) is 3.85. The molecule has 1 fully saturated rings. The van der Waals surface area contributed by atoms with E-state index in [1.54, 1.807) is 0 Å². The number of hydrogen-bond donors (Lipinski definition) is 3. The molecule has 0 unspecified atom stereocenters. The Hall–Kier alpha value is -2.41. The van der Waals surface area contributed by atoms with Gasteiger partial charge >= 0.3 is 6.03 Å². The molecule has 1 aromatic carbocycles. The second kappa shape index (κ2) is 7.73. The maximum atomic E-state index is 11.8. The zero-order chi connectivity index (χ0) is 15.9. The Balaban J connectivity index is 1.43. The number of carbonyl (C=O) groups excluding carboxylic acids is 1.